The zero-order chi connectivity index (χ0) is 11.7. The van der Waals surface area contributed by atoms with E-state index < -0.39 is 6.10 Å². The third-order valence-electron chi connectivity index (χ3n) is 3.72. The molecule has 1 unspecified atom stereocenters. The van der Waals surface area contributed by atoms with Crippen molar-refractivity contribution < 1.29 is 5.11 Å². The van der Waals surface area contributed by atoms with Gasteiger partial charge in [0.2, 0.25) is 0 Å². The van der Waals surface area contributed by atoms with Crippen LogP contribution in [0.2, 0.25) is 5.02 Å². The molecular formula is C12H19ClN2O. The number of aryl methyl sites for hydroxylation is 1. The van der Waals surface area contributed by atoms with Gasteiger partial charge in [0.25, 0.3) is 0 Å². The first kappa shape index (κ1) is 11.9. The minimum atomic E-state index is -0.465. The zero-order valence-electron chi connectivity index (χ0n) is 9.86. The Bertz CT molecular complexity index is 336. The number of aliphatic hydroxyl groups is 1. The summed E-state index contributed by atoms with van der Waals surface area (Å²) in [7, 11) is 1.83. The quantitative estimate of drug-likeness (QED) is 0.866. The van der Waals surface area contributed by atoms with Crippen LogP contribution in [0.1, 0.15) is 44.4 Å². The Morgan fingerprint density at radius 2 is 2.06 bits per heavy atom. The maximum Gasteiger partial charge on any atom is 0.0999 e. The highest BCUT2D eigenvalue weighted by atomic mass is 35.5. The number of rotatable bonds is 2. The van der Waals surface area contributed by atoms with Crippen molar-refractivity contribution >= 4 is 11.6 Å². The molecule has 0 bridgehead atoms. The van der Waals surface area contributed by atoms with Crippen LogP contribution in [0.3, 0.4) is 0 Å². The maximum atomic E-state index is 10.3. The monoisotopic (exact) mass is 242 g/mol. The predicted molar refractivity (Wildman–Crippen MR) is 64.3 cm³/mol. The third-order valence-corrected chi connectivity index (χ3v) is 4.02. The molecule has 1 aliphatic carbocycles. The van der Waals surface area contributed by atoms with Gasteiger partial charge in [-0.05, 0) is 24.7 Å². The van der Waals surface area contributed by atoms with Gasteiger partial charge in [-0.25, -0.2) is 0 Å². The fraction of sp³-hybridized carbons (Fsp3) is 0.750. The van der Waals surface area contributed by atoms with Gasteiger partial charge in [-0.2, -0.15) is 5.10 Å². The van der Waals surface area contributed by atoms with Crippen molar-refractivity contribution in [1.82, 2.24) is 9.78 Å². The SMILES string of the molecule is CC1CCC(C(O)c2c(Cl)cnn2C)CC1. The van der Waals surface area contributed by atoms with Crippen LogP contribution in [-0.4, -0.2) is 14.9 Å². The Hall–Kier alpha value is -0.540. The Morgan fingerprint density at radius 1 is 1.44 bits per heavy atom. The van der Waals surface area contributed by atoms with Gasteiger partial charge >= 0.3 is 0 Å². The summed E-state index contributed by atoms with van der Waals surface area (Å²) in [6.07, 6.45) is 5.72. The average Bonchev–Trinajstić information content (AvgIpc) is 2.59. The highest BCUT2D eigenvalue weighted by Gasteiger charge is 2.28. The summed E-state index contributed by atoms with van der Waals surface area (Å²) >= 11 is 6.04. The molecular weight excluding hydrogens is 224 g/mol. The molecule has 0 aromatic carbocycles. The molecule has 1 atom stereocenters. The van der Waals surface area contributed by atoms with Crippen LogP contribution in [0.25, 0.3) is 0 Å². The van der Waals surface area contributed by atoms with Crippen molar-refractivity contribution in [2.75, 3.05) is 0 Å². The van der Waals surface area contributed by atoms with Crippen molar-refractivity contribution in [3.63, 3.8) is 0 Å². The summed E-state index contributed by atoms with van der Waals surface area (Å²) in [5, 5.41) is 15.0. The van der Waals surface area contributed by atoms with E-state index in [9.17, 15) is 5.11 Å². The van der Waals surface area contributed by atoms with Crippen molar-refractivity contribution in [2.45, 2.75) is 38.7 Å². The Balaban J connectivity index is 2.10. The molecule has 3 nitrogen and oxygen atoms in total. The number of hydrogen-bond donors (Lipinski definition) is 1. The van der Waals surface area contributed by atoms with Crippen LogP contribution in [0, 0.1) is 11.8 Å². The average molecular weight is 243 g/mol. The van der Waals surface area contributed by atoms with Crippen LogP contribution < -0.4 is 0 Å². The molecule has 1 N–H and O–H groups in total. The minimum Gasteiger partial charge on any atom is -0.386 e. The lowest BCUT2D eigenvalue weighted by Crippen LogP contribution is -2.21. The molecule has 90 valence electrons. The fourth-order valence-corrected chi connectivity index (χ4v) is 2.86. The van der Waals surface area contributed by atoms with Gasteiger partial charge < -0.3 is 5.11 Å². The minimum absolute atomic E-state index is 0.337. The highest BCUT2D eigenvalue weighted by molar-refractivity contribution is 6.31. The first-order chi connectivity index (χ1) is 7.59. The van der Waals surface area contributed by atoms with Gasteiger partial charge in [-0.3, -0.25) is 4.68 Å². The van der Waals surface area contributed by atoms with E-state index in [-0.39, 0.29) is 0 Å². The second-order valence-corrected chi connectivity index (χ2v) is 5.37. The van der Waals surface area contributed by atoms with Gasteiger partial charge in [-0.15, -0.1) is 0 Å². The molecule has 0 amide bonds. The molecule has 1 saturated carbocycles. The van der Waals surface area contributed by atoms with E-state index in [2.05, 4.69) is 12.0 Å². The molecule has 0 spiro atoms. The second kappa shape index (κ2) is 4.76. The molecule has 0 saturated heterocycles. The van der Waals surface area contributed by atoms with E-state index in [0.717, 1.165) is 24.5 Å². The van der Waals surface area contributed by atoms with Crippen molar-refractivity contribution in [1.29, 1.82) is 0 Å². The molecule has 1 heterocycles. The molecule has 1 aliphatic rings. The summed E-state index contributed by atoms with van der Waals surface area (Å²) in [4.78, 5) is 0. The first-order valence-electron chi connectivity index (χ1n) is 5.95. The Labute approximate surface area is 101 Å². The molecule has 2 rings (SSSR count). The summed E-state index contributed by atoms with van der Waals surface area (Å²) in [5.41, 5.74) is 0.765. The van der Waals surface area contributed by atoms with E-state index in [1.54, 1.807) is 10.9 Å². The molecule has 16 heavy (non-hydrogen) atoms. The molecule has 1 aromatic heterocycles. The summed E-state index contributed by atoms with van der Waals surface area (Å²) in [6.45, 7) is 2.28. The topological polar surface area (TPSA) is 38.1 Å². The van der Waals surface area contributed by atoms with Crippen LogP contribution in [0.15, 0.2) is 6.20 Å². The van der Waals surface area contributed by atoms with E-state index in [1.807, 2.05) is 7.05 Å². The van der Waals surface area contributed by atoms with Gasteiger partial charge in [0.05, 0.1) is 23.0 Å². The van der Waals surface area contributed by atoms with Crippen LogP contribution in [0.5, 0.6) is 0 Å². The molecule has 1 fully saturated rings. The zero-order valence-corrected chi connectivity index (χ0v) is 10.6. The first-order valence-corrected chi connectivity index (χ1v) is 6.33. The van der Waals surface area contributed by atoms with Gasteiger partial charge in [0, 0.05) is 7.05 Å². The molecule has 0 aliphatic heterocycles. The standard InChI is InChI=1S/C12H19ClN2O/c1-8-3-5-9(6-4-8)12(16)11-10(13)7-14-15(11)2/h7-9,12,16H,3-6H2,1-2H3. The Kier molecular flexibility index (Phi) is 3.55. The largest absolute Gasteiger partial charge is 0.386 e. The van der Waals surface area contributed by atoms with Crippen molar-refractivity contribution in [2.24, 2.45) is 18.9 Å². The normalized spacial score (nSPS) is 28.0. The van der Waals surface area contributed by atoms with E-state index in [4.69, 9.17) is 11.6 Å². The lowest BCUT2D eigenvalue weighted by atomic mass is 9.79. The van der Waals surface area contributed by atoms with Crippen LogP contribution >= 0.6 is 11.6 Å². The fourth-order valence-electron chi connectivity index (χ4n) is 2.58. The number of nitrogens with zero attached hydrogens (tertiary/aromatic N) is 2. The van der Waals surface area contributed by atoms with E-state index in [1.165, 1.54) is 12.8 Å². The van der Waals surface area contributed by atoms with Crippen molar-refractivity contribution in [3.05, 3.63) is 16.9 Å². The summed E-state index contributed by atoms with van der Waals surface area (Å²) in [6, 6.07) is 0. The van der Waals surface area contributed by atoms with Gasteiger partial charge in [0.1, 0.15) is 0 Å². The van der Waals surface area contributed by atoms with Gasteiger partial charge in [-0.1, -0.05) is 31.4 Å². The lowest BCUT2D eigenvalue weighted by Gasteiger charge is -2.30. The molecule has 1 aromatic rings. The number of aromatic nitrogens is 2. The number of halogens is 1. The number of hydrogen-bond acceptors (Lipinski definition) is 2. The van der Waals surface area contributed by atoms with Crippen LogP contribution in [-0.2, 0) is 7.05 Å². The second-order valence-electron chi connectivity index (χ2n) is 4.97. The van der Waals surface area contributed by atoms with Gasteiger partial charge in [0.15, 0.2) is 0 Å². The van der Waals surface area contributed by atoms with E-state index >= 15 is 0 Å². The third kappa shape index (κ3) is 2.25. The smallest absolute Gasteiger partial charge is 0.0999 e. The molecule has 4 heteroatoms. The predicted octanol–water partition coefficient (Wildman–Crippen LogP) is 2.93. The summed E-state index contributed by atoms with van der Waals surface area (Å²) < 4.78 is 1.69. The highest BCUT2D eigenvalue weighted by Crippen LogP contribution is 2.38. The summed E-state index contributed by atoms with van der Waals surface area (Å²) in [5.74, 6) is 1.13. The maximum absolute atomic E-state index is 10.3. The van der Waals surface area contributed by atoms with Crippen LogP contribution in [0.4, 0.5) is 0 Å². The van der Waals surface area contributed by atoms with E-state index in [0.29, 0.717) is 10.9 Å². The Morgan fingerprint density at radius 3 is 2.56 bits per heavy atom. The molecule has 0 radical (unpaired) electrons. The lowest BCUT2D eigenvalue weighted by molar-refractivity contribution is 0.0690. The number of aliphatic hydroxyl groups excluding tert-OH is 1. The van der Waals surface area contributed by atoms with Crippen molar-refractivity contribution in [3.8, 4) is 0 Å².